The van der Waals surface area contributed by atoms with E-state index in [0.717, 1.165) is 13.0 Å². The van der Waals surface area contributed by atoms with E-state index in [1.54, 1.807) is 0 Å². The maximum Gasteiger partial charge on any atom is 0.218 e. The molecule has 0 bridgehead atoms. The third-order valence-corrected chi connectivity index (χ3v) is 3.80. The molecular weight excluding hydrogens is 262 g/mol. The molecule has 0 heterocycles. The molecule has 0 fully saturated rings. The number of nitrogens with two attached hydrogens (primary N) is 3. The topological polar surface area (TPSA) is 103 Å². The van der Waals surface area contributed by atoms with Gasteiger partial charge in [-0.15, -0.1) is 0 Å². The van der Waals surface area contributed by atoms with Crippen LogP contribution in [0.3, 0.4) is 0 Å². The molecule has 0 aliphatic rings. The lowest BCUT2D eigenvalue weighted by molar-refractivity contribution is 0.446. The molecule has 0 aromatic heterocycles. The first-order valence-electron chi connectivity index (χ1n) is 8.49. The number of aliphatic imine (C=N–C) groups is 2. The molecule has 0 radical (unpaired) electrons. The standard InChI is InChI=1S/C16H35N5/c1-3-5-6-7-8-9-10-11-12-14(4-2)13-20-16(19)21-15(17)18/h14H,3-13H2,1-2H3,(H6,17,18,19,20,21). The Balaban J connectivity index is 3.69. The quantitative estimate of drug-likeness (QED) is 0.293. The Morgan fingerprint density at radius 2 is 1.43 bits per heavy atom. The van der Waals surface area contributed by atoms with Crippen molar-refractivity contribution < 1.29 is 0 Å². The van der Waals surface area contributed by atoms with E-state index in [4.69, 9.17) is 17.2 Å². The molecule has 1 atom stereocenters. The van der Waals surface area contributed by atoms with E-state index >= 15 is 0 Å². The van der Waals surface area contributed by atoms with Crippen LogP contribution in [0.2, 0.25) is 0 Å². The lowest BCUT2D eigenvalue weighted by atomic mass is 9.98. The van der Waals surface area contributed by atoms with Crippen molar-refractivity contribution in [2.45, 2.75) is 78.1 Å². The first kappa shape index (κ1) is 19.7. The Labute approximate surface area is 130 Å². The molecule has 5 nitrogen and oxygen atoms in total. The number of unbranched alkanes of at least 4 members (excludes halogenated alkanes) is 7. The number of hydrogen-bond acceptors (Lipinski definition) is 1. The molecule has 0 aromatic rings. The van der Waals surface area contributed by atoms with Crippen molar-refractivity contribution in [3.63, 3.8) is 0 Å². The average molecular weight is 297 g/mol. The Morgan fingerprint density at radius 1 is 0.857 bits per heavy atom. The Morgan fingerprint density at radius 3 is 1.95 bits per heavy atom. The van der Waals surface area contributed by atoms with Crippen LogP contribution in [0.1, 0.15) is 78.1 Å². The van der Waals surface area contributed by atoms with Crippen LogP contribution < -0.4 is 17.2 Å². The van der Waals surface area contributed by atoms with Gasteiger partial charge >= 0.3 is 0 Å². The largest absolute Gasteiger partial charge is 0.370 e. The highest BCUT2D eigenvalue weighted by atomic mass is 15.1. The van der Waals surface area contributed by atoms with Crippen LogP contribution in [0.15, 0.2) is 9.98 Å². The minimum atomic E-state index is -0.0348. The molecule has 0 aliphatic heterocycles. The van der Waals surface area contributed by atoms with E-state index in [-0.39, 0.29) is 11.9 Å². The zero-order valence-corrected chi connectivity index (χ0v) is 14.0. The highest BCUT2D eigenvalue weighted by Crippen LogP contribution is 2.16. The molecular formula is C16H35N5. The van der Waals surface area contributed by atoms with Crippen molar-refractivity contribution in [3.8, 4) is 0 Å². The third kappa shape index (κ3) is 13.5. The minimum absolute atomic E-state index is 0.0348. The highest BCUT2D eigenvalue weighted by molar-refractivity contribution is 5.92. The van der Waals surface area contributed by atoms with Crippen molar-refractivity contribution in [2.75, 3.05) is 6.54 Å². The molecule has 0 amide bonds. The monoisotopic (exact) mass is 297 g/mol. The predicted octanol–water partition coefficient (Wildman–Crippen LogP) is 3.13. The number of guanidine groups is 2. The van der Waals surface area contributed by atoms with E-state index < -0.39 is 0 Å². The number of nitrogens with zero attached hydrogens (tertiary/aromatic N) is 2. The summed E-state index contributed by atoms with van der Waals surface area (Å²) in [5.74, 6) is 0.731. The lowest BCUT2D eigenvalue weighted by Gasteiger charge is -2.12. The zero-order valence-electron chi connectivity index (χ0n) is 14.0. The number of hydrogen-bond donors (Lipinski definition) is 3. The maximum absolute atomic E-state index is 5.61. The summed E-state index contributed by atoms with van der Waals surface area (Å²) in [6.45, 7) is 5.17. The summed E-state index contributed by atoms with van der Waals surface area (Å²) < 4.78 is 0. The molecule has 0 saturated carbocycles. The average Bonchev–Trinajstić information content (AvgIpc) is 2.44. The van der Waals surface area contributed by atoms with Crippen LogP contribution in [-0.2, 0) is 0 Å². The normalized spacial score (nSPS) is 13.1. The molecule has 6 N–H and O–H groups in total. The SMILES string of the molecule is CCCCCCCCCCC(CC)CN=C(N)N=C(N)N. The van der Waals surface area contributed by atoms with Gasteiger partial charge in [-0.1, -0.05) is 71.6 Å². The van der Waals surface area contributed by atoms with Gasteiger partial charge in [0.15, 0.2) is 5.96 Å². The van der Waals surface area contributed by atoms with Gasteiger partial charge < -0.3 is 17.2 Å². The minimum Gasteiger partial charge on any atom is -0.370 e. The van der Waals surface area contributed by atoms with Crippen molar-refractivity contribution >= 4 is 11.9 Å². The van der Waals surface area contributed by atoms with Crippen molar-refractivity contribution in [1.29, 1.82) is 0 Å². The van der Waals surface area contributed by atoms with Gasteiger partial charge in [-0.2, -0.15) is 4.99 Å². The molecule has 0 rings (SSSR count). The van der Waals surface area contributed by atoms with Crippen LogP contribution in [0.25, 0.3) is 0 Å². The molecule has 0 aliphatic carbocycles. The second kappa shape index (κ2) is 13.7. The van der Waals surface area contributed by atoms with E-state index in [0.29, 0.717) is 5.92 Å². The van der Waals surface area contributed by atoms with Crippen molar-refractivity contribution in [1.82, 2.24) is 0 Å². The molecule has 0 spiro atoms. The summed E-state index contributed by atoms with van der Waals surface area (Å²) >= 11 is 0. The van der Waals surface area contributed by atoms with E-state index in [1.807, 2.05) is 0 Å². The summed E-state index contributed by atoms with van der Waals surface area (Å²) in [4.78, 5) is 7.96. The molecule has 0 saturated heterocycles. The van der Waals surface area contributed by atoms with Gasteiger partial charge in [-0.3, -0.25) is 4.99 Å². The first-order chi connectivity index (χ1) is 10.1. The summed E-state index contributed by atoms with van der Waals surface area (Å²) in [7, 11) is 0. The molecule has 21 heavy (non-hydrogen) atoms. The molecule has 5 heteroatoms. The molecule has 0 aromatic carbocycles. The van der Waals surface area contributed by atoms with Gasteiger partial charge in [0.1, 0.15) is 0 Å². The predicted molar refractivity (Wildman–Crippen MR) is 93.3 cm³/mol. The molecule has 124 valence electrons. The van der Waals surface area contributed by atoms with Gasteiger partial charge in [0, 0.05) is 6.54 Å². The van der Waals surface area contributed by atoms with Gasteiger partial charge in [0.05, 0.1) is 0 Å². The van der Waals surface area contributed by atoms with Gasteiger partial charge in [-0.25, -0.2) is 0 Å². The summed E-state index contributed by atoms with van der Waals surface area (Å²) in [5.41, 5.74) is 16.1. The van der Waals surface area contributed by atoms with Crippen LogP contribution in [-0.4, -0.2) is 18.5 Å². The van der Waals surface area contributed by atoms with Gasteiger partial charge in [-0.05, 0) is 12.3 Å². The second-order valence-corrected chi connectivity index (χ2v) is 5.77. The van der Waals surface area contributed by atoms with Crippen LogP contribution in [0, 0.1) is 5.92 Å². The van der Waals surface area contributed by atoms with Crippen LogP contribution in [0.4, 0.5) is 0 Å². The van der Waals surface area contributed by atoms with Crippen molar-refractivity contribution in [3.05, 3.63) is 0 Å². The fourth-order valence-electron chi connectivity index (χ4n) is 2.38. The van der Waals surface area contributed by atoms with Gasteiger partial charge in [0.25, 0.3) is 0 Å². The second-order valence-electron chi connectivity index (χ2n) is 5.77. The summed E-state index contributed by atoms with van der Waals surface area (Å²) in [6.07, 6.45) is 13.2. The summed E-state index contributed by atoms with van der Waals surface area (Å²) in [6, 6.07) is 0. The highest BCUT2D eigenvalue weighted by Gasteiger charge is 2.05. The van der Waals surface area contributed by atoms with Gasteiger partial charge in [0.2, 0.25) is 5.96 Å². The number of rotatable bonds is 12. The van der Waals surface area contributed by atoms with E-state index in [9.17, 15) is 0 Å². The lowest BCUT2D eigenvalue weighted by Crippen LogP contribution is -2.26. The molecule has 1 unspecified atom stereocenters. The first-order valence-corrected chi connectivity index (χ1v) is 8.49. The Kier molecular flexibility index (Phi) is 12.9. The smallest absolute Gasteiger partial charge is 0.218 e. The van der Waals surface area contributed by atoms with Crippen LogP contribution >= 0.6 is 0 Å². The van der Waals surface area contributed by atoms with Crippen molar-refractivity contribution in [2.24, 2.45) is 33.1 Å². The van der Waals surface area contributed by atoms with Crippen LogP contribution in [0.5, 0.6) is 0 Å². The summed E-state index contributed by atoms with van der Waals surface area (Å²) in [5, 5.41) is 0. The van der Waals surface area contributed by atoms with E-state index in [1.165, 1.54) is 57.8 Å². The zero-order chi connectivity index (χ0) is 15.9. The third-order valence-electron chi connectivity index (χ3n) is 3.80. The van der Waals surface area contributed by atoms with E-state index in [2.05, 4.69) is 23.8 Å². The Hall–Kier alpha value is -1.26. The Bertz CT molecular complexity index is 295. The fraction of sp³-hybridized carbons (Fsp3) is 0.875. The maximum atomic E-state index is 5.61. The fourth-order valence-corrected chi connectivity index (χ4v) is 2.38.